The molecule has 2 rings (SSSR count). The van der Waals surface area contributed by atoms with E-state index in [9.17, 15) is 18.0 Å². The van der Waals surface area contributed by atoms with Crippen molar-refractivity contribution in [1.29, 1.82) is 0 Å². The third-order valence-corrected chi connectivity index (χ3v) is 3.85. The van der Waals surface area contributed by atoms with E-state index in [-0.39, 0.29) is 12.5 Å². The summed E-state index contributed by atoms with van der Waals surface area (Å²) in [5.41, 5.74) is -1.59. The van der Waals surface area contributed by atoms with Crippen LogP contribution in [0.2, 0.25) is 0 Å². The van der Waals surface area contributed by atoms with E-state index in [0.29, 0.717) is 13.2 Å². The summed E-state index contributed by atoms with van der Waals surface area (Å²) in [7, 11) is 0. The standard InChI is InChI=1S/C14H19F3N2O3/c1-3-19-12(14(15,16)17)11(8-18-19)13(20)22-9(2)10-4-6-21-7-5-10/h8-10H,3-7H2,1-2H3/t9-/m1/s1. The number of halogens is 3. The Kier molecular flexibility index (Phi) is 5.10. The summed E-state index contributed by atoms with van der Waals surface area (Å²) in [6.45, 7) is 4.41. The van der Waals surface area contributed by atoms with Gasteiger partial charge in [-0.05, 0) is 26.7 Å². The fourth-order valence-corrected chi connectivity index (χ4v) is 2.59. The zero-order valence-electron chi connectivity index (χ0n) is 12.5. The number of ether oxygens (including phenoxy) is 2. The Hall–Kier alpha value is -1.57. The summed E-state index contributed by atoms with van der Waals surface area (Å²) >= 11 is 0. The van der Waals surface area contributed by atoms with Crippen LogP contribution in [0.3, 0.4) is 0 Å². The van der Waals surface area contributed by atoms with Gasteiger partial charge in [0.1, 0.15) is 11.7 Å². The molecular weight excluding hydrogens is 301 g/mol. The maximum atomic E-state index is 13.1. The van der Waals surface area contributed by atoms with Gasteiger partial charge in [-0.1, -0.05) is 0 Å². The number of carbonyl (C=O) groups excluding carboxylic acids is 1. The quantitative estimate of drug-likeness (QED) is 0.801. The third kappa shape index (κ3) is 3.60. The van der Waals surface area contributed by atoms with Gasteiger partial charge in [-0.3, -0.25) is 4.68 Å². The van der Waals surface area contributed by atoms with Gasteiger partial charge in [0.2, 0.25) is 0 Å². The Morgan fingerprint density at radius 1 is 1.50 bits per heavy atom. The Morgan fingerprint density at radius 2 is 2.14 bits per heavy atom. The molecule has 1 aliphatic rings. The number of aryl methyl sites for hydroxylation is 1. The van der Waals surface area contributed by atoms with Gasteiger partial charge in [-0.15, -0.1) is 0 Å². The van der Waals surface area contributed by atoms with Crippen molar-refractivity contribution in [1.82, 2.24) is 9.78 Å². The highest BCUT2D eigenvalue weighted by molar-refractivity contribution is 5.90. The molecule has 0 spiro atoms. The highest BCUT2D eigenvalue weighted by Gasteiger charge is 2.40. The van der Waals surface area contributed by atoms with Crippen LogP contribution in [0.5, 0.6) is 0 Å². The van der Waals surface area contributed by atoms with Crippen LogP contribution >= 0.6 is 0 Å². The summed E-state index contributed by atoms with van der Waals surface area (Å²) in [6, 6.07) is 0. The van der Waals surface area contributed by atoms with Crippen LogP contribution in [-0.2, 0) is 22.2 Å². The molecular formula is C14H19F3N2O3. The minimum Gasteiger partial charge on any atom is -0.459 e. The average Bonchev–Trinajstić information content (AvgIpc) is 2.92. The van der Waals surface area contributed by atoms with Gasteiger partial charge in [0, 0.05) is 25.7 Å². The van der Waals surface area contributed by atoms with Gasteiger partial charge < -0.3 is 9.47 Å². The first-order valence-corrected chi connectivity index (χ1v) is 7.26. The number of nitrogens with zero attached hydrogens (tertiary/aromatic N) is 2. The Labute approximate surface area is 126 Å². The van der Waals surface area contributed by atoms with Gasteiger partial charge in [0.05, 0.1) is 6.20 Å². The molecule has 0 N–H and O–H groups in total. The van der Waals surface area contributed by atoms with Crippen molar-refractivity contribution in [2.24, 2.45) is 5.92 Å². The van der Waals surface area contributed by atoms with Crippen LogP contribution in [0.1, 0.15) is 42.7 Å². The van der Waals surface area contributed by atoms with E-state index in [0.717, 1.165) is 23.7 Å². The summed E-state index contributed by atoms with van der Waals surface area (Å²) in [6.07, 6.45) is -2.72. The van der Waals surface area contributed by atoms with Gasteiger partial charge in [-0.25, -0.2) is 4.79 Å². The molecule has 0 radical (unpaired) electrons. The molecule has 0 aliphatic carbocycles. The van der Waals surface area contributed by atoms with E-state index in [1.54, 1.807) is 6.92 Å². The second-order valence-electron chi connectivity index (χ2n) is 5.28. The highest BCUT2D eigenvalue weighted by atomic mass is 19.4. The fourth-order valence-electron chi connectivity index (χ4n) is 2.59. The summed E-state index contributed by atoms with van der Waals surface area (Å²) in [4.78, 5) is 12.1. The predicted molar refractivity (Wildman–Crippen MR) is 71.3 cm³/mol. The molecule has 1 saturated heterocycles. The van der Waals surface area contributed by atoms with E-state index in [4.69, 9.17) is 9.47 Å². The van der Waals surface area contributed by atoms with Crippen LogP contribution in [0.25, 0.3) is 0 Å². The van der Waals surface area contributed by atoms with Crippen molar-refractivity contribution < 1.29 is 27.4 Å². The molecule has 0 unspecified atom stereocenters. The SMILES string of the molecule is CCn1ncc(C(=O)O[C@H](C)C2CCOCC2)c1C(F)(F)F. The molecule has 0 amide bonds. The van der Waals surface area contributed by atoms with Crippen molar-refractivity contribution >= 4 is 5.97 Å². The molecule has 1 aromatic rings. The lowest BCUT2D eigenvalue weighted by atomic mass is 9.95. The lowest BCUT2D eigenvalue weighted by Crippen LogP contribution is -2.30. The topological polar surface area (TPSA) is 53.4 Å². The van der Waals surface area contributed by atoms with E-state index < -0.39 is 29.5 Å². The molecule has 1 atom stereocenters. The van der Waals surface area contributed by atoms with Gasteiger partial charge >= 0.3 is 12.1 Å². The molecule has 0 saturated carbocycles. The summed E-state index contributed by atoms with van der Waals surface area (Å²) in [5.74, 6) is -0.876. The summed E-state index contributed by atoms with van der Waals surface area (Å²) in [5, 5.41) is 3.62. The van der Waals surface area contributed by atoms with Crippen molar-refractivity contribution in [3.05, 3.63) is 17.5 Å². The predicted octanol–water partition coefficient (Wildman–Crippen LogP) is 2.89. The van der Waals surface area contributed by atoms with Crippen LogP contribution in [-0.4, -0.2) is 35.1 Å². The van der Waals surface area contributed by atoms with E-state index in [1.165, 1.54) is 6.92 Å². The van der Waals surface area contributed by atoms with Crippen molar-refractivity contribution in [3.8, 4) is 0 Å². The van der Waals surface area contributed by atoms with Crippen LogP contribution < -0.4 is 0 Å². The van der Waals surface area contributed by atoms with E-state index >= 15 is 0 Å². The number of esters is 1. The second kappa shape index (κ2) is 6.68. The normalized spacial score (nSPS) is 18.2. The Balaban J connectivity index is 2.14. The molecule has 124 valence electrons. The lowest BCUT2D eigenvalue weighted by Gasteiger charge is -2.27. The molecule has 2 heterocycles. The zero-order chi connectivity index (χ0) is 16.3. The second-order valence-corrected chi connectivity index (χ2v) is 5.28. The van der Waals surface area contributed by atoms with Crippen molar-refractivity contribution in [2.75, 3.05) is 13.2 Å². The number of rotatable bonds is 4. The number of alkyl halides is 3. The maximum Gasteiger partial charge on any atom is 0.433 e. The monoisotopic (exact) mass is 320 g/mol. The van der Waals surface area contributed by atoms with Gasteiger partial charge in [0.15, 0.2) is 5.69 Å². The third-order valence-electron chi connectivity index (χ3n) is 3.85. The van der Waals surface area contributed by atoms with Crippen molar-refractivity contribution in [3.63, 3.8) is 0 Å². The number of carbonyl (C=O) groups is 1. The van der Waals surface area contributed by atoms with E-state index in [2.05, 4.69) is 5.10 Å². The first-order chi connectivity index (χ1) is 10.3. The fraction of sp³-hybridized carbons (Fsp3) is 0.714. The Morgan fingerprint density at radius 3 is 2.68 bits per heavy atom. The first-order valence-electron chi connectivity index (χ1n) is 7.26. The molecule has 5 nitrogen and oxygen atoms in total. The maximum absolute atomic E-state index is 13.1. The molecule has 1 aliphatic heterocycles. The minimum atomic E-state index is -4.65. The minimum absolute atomic E-state index is 0.0254. The van der Waals surface area contributed by atoms with E-state index in [1.807, 2.05) is 0 Å². The Bertz CT molecular complexity index is 522. The number of aromatic nitrogens is 2. The molecule has 8 heteroatoms. The number of hydrogen-bond donors (Lipinski definition) is 0. The van der Waals surface area contributed by atoms with Crippen molar-refractivity contribution in [2.45, 2.75) is 45.5 Å². The lowest BCUT2D eigenvalue weighted by molar-refractivity contribution is -0.144. The summed E-state index contributed by atoms with van der Waals surface area (Å²) < 4.78 is 50.5. The zero-order valence-corrected chi connectivity index (χ0v) is 12.5. The molecule has 1 fully saturated rings. The molecule has 1 aromatic heterocycles. The van der Waals surface area contributed by atoms with Crippen LogP contribution in [0.4, 0.5) is 13.2 Å². The molecule has 0 aromatic carbocycles. The van der Waals surface area contributed by atoms with Gasteiger partial charge in [0.25, 0.3) is 0 Å². The number of hydrogen-bond acceptors (Lipinski definition) is 4. The van der Waals surface area contributed by atoms with Crippen LogP contribution in [0.15, 0.2) is 6.20 Å². The molecule has 22 heavy (non-hydrogen) atoms. The average molecular weight is 320 g/mol. The highest BCUT2D eigenvalue weighted by Crippen LogP contribution is 2.33. The smallest absolute Gasteiger partial charge is 0.433 e. The van der Waals surface area contributed by atoms with Gasteiger partial charge in [-0.2, -0.15) is 18.3 Å². The van der Waals surface area contributed by atoms with Crippen LogP contribution in [0, 0.1) is 5.92 Å². The first kappa shape index (κ1) is 16.8. The molecule has 0 bridgehead atoms. The largest absolute Gasteiger partial charge is 0.459 e.